The van der Waals surface area contributed by atoms with Gasteiger partial charge >= 0.3 is 0 Å². The quantitative estimate of drug-likeness (QED) is 0.607. The molecule has 0 saturated heterocycles. The van der Waals surface area contributed by atoms with E-state index in [4.69, 9.17) is 15.2 Å². The van der Waals surface area contributed by atoms with Gasteiger partial charge in [-0.05, 0) is 29.7 Å². The van der Waals surface area contributed by atoms with Crippen LogP contribution in [0.5, 0.6) is 5.75 Å². The van der Waals surface area contributed by atoms with Gasteiger partial charge in [0.1, 0.15) is 5.75 Å². The summed E-state index contributed by atoms with van der Waals surface area (Å²) >= 11 is 0. The molecule has 0 fully saturated rings. The number of methoxy groups -OCH3 is 1. The van der Waals surface area contributed by atoms with E-state index in [-0.39, 0.29) is 30.3 Å². The van der Waals surface area contributed by atoms with Crippen LogP contribution in [0.15, 0.2) is 54.6 Å². The molecular weight excluding hydrogens is 364 g/mol. The van der Waals surface area contributed by atoms with Crippen LogP contribution in [0.2, 0.25) is 0 Å². The van der Waals surface area contributed by atoms with E-state index in [2.05, 4.69) is 5.32 Å². The summed E-state index contributed by atoms with van der Waals surface area (Å²) in [5, 5.41) is 2.93. The lowest BCUT2D eigenvalue weighted by atomic mass is 9.95. The minimum absolute atomic E-state index is 0. The standard InChI is InChI=1S/C21H28N2O3.ClH/c1-16(20(22)18-7-4-3-5-8-18)21(24)23-13-6-14-26-15-17-9-11-19(25-2)12-10-17;/h3-5,7-12,16,20H,6,13-15,22H2,1-2H3,(H,23,24);1H. The fourth-order valence-electron chi connectivity index (χ4n) is 2.59. The number of nitrogens with two attached hydrogens (primary N) is 1. The summed E-state index contributed by atoms with van der Waals surface area (Å²) in [5.41, 5.74) is 8.25. The van der Waals surface area contributed by atoms with Gasteiger partial charge in [0.2, 0.25) is 5.91 Å². The number of carbonyl (C=O) groups excluding carboxylic acids is 1. The van der Waals surface area contributed by atoms with Crippen molar-refractivity contribution in [2.45, 2.75) is 26.0 Å². The van der Waals surface area contributed by atoms with Crippen molar-refractivity contribution in [3.05, 3.63) is 65.7 Å². The van der Waals surface area contributed by atoms with Gasteiger partial charge in [-0.1, -0.05) is 49.4 Å². The number of benzene rings is 2. The van der Waals surface area contributed by atoms with Gasteiger partial charge in [-0.2, -0.15) is 0 Å². The lowest BCUT2D eigenvalue weighted by Crippen LogP contribution is -2.36. The largest absolute Gasteiger partial charge is 0.497 e. The molecule has 3 N–H and O–H groups in total. The Kier molecular flexibility index (Phi) is 10.5. The van der Waals surface area contributed by atoms with E-state index in [1.165, 1.54) is 0 Å². The van der Waals surface area contributed by atoms with Crippen LogP contribution in [0.25, 0.3) is 0 Å². The first-order valence-corrected chi connectivity index (χ1v) is 8.90. The average molecular weight is 393 g/mol. The third-order valence-electron chi connectivity index (χ3n) is 4.33. The van der Waals surface area contributed by atoms with Gasteiger partial charge in [0.05, 0.1) is 19.6 Å². The molecule has 2 aromatic rings. The van der Waals surface area contributed by atoms with Crippen LogP contribution in [0.1, 0.15) is 30.5 Å². The Morgan fingerprint density at radius 1 is 1.11 bits per heavy atom. The molecule has 0 aliphatic carbocycles. The van der Waals surface area contributed by atoms with Crippen molar-refractivity contribution in [2.24, 2.45) is 11.7 Å². The Bertz CT molecular complexity index is 665. The highest BCUT2D eigenvalue weighted by molar-refractivity contribution is 5.85. The predicted octanol–water partition coefficient (Wildman–Crippen LogP) is 3.48. The van der Waals surface area contributed by atoms with Gasteiger partial charge in [0, 0.05) is 19.2 Å². The summed E-state index contributed by atoms with van der Waals surface area (Å²) in [6, 6.07) is 17.2. The van der Waals surface area contributed by atoms with Crippen LogP contribution in [-0.4, -0.2) is 26.2 Å². The maximum Gasteiger partial charge on any atom is 0.224 e. The number of halogens is 1. The molecule has 2 atom stereocenters. The molecule has 2 aromatic carbocycles. The molecule has 27 heavy (non-hydrogen) atoms. The monoisotopic (exact) mass is 392 g/mol. The second-order valence-electron chi connectivity index (χ2n) is 6.27. The van der Waals surface area contributed by atoms with Gasteiger partial charge < -0.3 is 20.5 Å². The van der Waals surface area contributed by atoms with Crippen molar-refractivity contribution in [3.8, 4) is 5.75 Å². The second-order valence-corrected chi connectivity index (χ2v) is 6.27. The molecule has 0 spiro atoms. The van der Waals surface area contributed by atoms with Gasteiger partial charge in [-0.25, -0.2) is 0 Å². The Morgan fingerprint density at radius 3 is 2.41 bits per heavy atom. The second kappa shape index (κ2) is 12.3. The fourth-order valence-corrected chi connectivity index (χ4v) is 2.59. The first-order valence-electron chi connectivity index (χ1n) is 8.90. The van der Waals surface area contributed by atoms with Crippen molar-refractivity contribution in [1.29, 1.82) is 0 Å². The molecule has 0 saturated carbocycles. The molecule has 5 nitrogen and oxygen atoms in total. The van der Waals surface area contributed by atoms with E-state index in [1.807, 2.05) is 61.5 Å². The zero-order chi connectivity index (χ0) is 18.8. The normalized spacial score (nSPS) is 12.6. The minimum atomic E-state index is -0.303. The van der Waals surface area contributed by atoms with E-state index in [9.17, 15) is 4.79 Å². The lowest BCUT2D eigenvalue weighted by molar-refractivity contribution is -0.125. The molecule has 0 bridgehead atoms. The molecule has 0 aliphatic rings. The molecule has 0 heterocycles. The van der Waals surface area contributed by atoms with Gasteiger partial charge in [-0.15, -0.1) is 12.4 Å². The predicted molar refractivity (Wildman–Crippen MR) is 110 cm³/mol. The van der Waals surface area contributed by atoms with Crippen molar-refractivity contribution >= 4 is 18.3 Å². The molecule has 6 heteroatoms. The van der Waals surface area contributed by atoms with Gasteiger partial charge in [0.15, 0.2) is 0 Å². The van der Waals surface area contributed by atoms with Crippen molar-refractivity contribution in [1.82, 2.24) is 5.32 Å². The fraction of sp³-hybridized carbons (Fsp3) is 0.381. The number of nitrogens with one attached hydrogen (secondary N) is 1. The lowest BCUT2D eigenvalue weighted by Gasteiger charge is -2.19. The van der Waals surface area contributed by atoms with E-state index in [1.54, 1.807) is 7.11 Å². The molecule has 0 radical (unpaired) electrons. The number of ether oxygens (including phenoxy) is 2. The van der Waals surface area contributed by atoms with Gasteiger partial charge in [0.25, 0.3) is 0 Å². The molecule has 0 aromatic heterocycles. The van der Waals surface area contributed by atoms with E-state index in [0.29, 0.717) is 19.8 Å². The number of hydrogen-bond donors (Lipinski definition) is 2. The Morgan fingerprint density at radius 2 is 1.78 bits per heavy atom. The van der Waals surface area contributed by atoms with E-state index in [0.717, 1.165) is 23.3 Å². The molecule has 2 rings (SSSR count). The molecule has 2 unspecified atom stereocenters. The SMILES string of the molecule is COc1ccc(COCCCNC(=O)C(C)C(N)c2ccccc2)cc1.Cl. The average Bonchev–Trinajstić information content (AvgIpc) is 2.70. The molecule has 148 valence electrons. The first-order chi connectivity index (χ1) is 12.6. The van der Waals surface area contributed by atoms with Crippen LogP contribution in [0.4, 0.5) is 0 Å². The van der Waals surface area contributed by atoms with Crippen molar-refractivity contribution in [3.63, 3.8) is 0 Å². The van der Waals surface area contributed by atoms with Crippen LogP contribution in [0.3, 0.4) is 0 Å². The maximum absolute atomic E-state index is 12.2. The third-order valence-corrected chi connectivity index (χ3v) is 4.33. The highest BCUT2D eigenvalue weighted by atomic mass is 35.5. The number of rotatable bonds is 10. The number of hydrogen-bond acceptors (Lipinski definition) is 4. The van der Waals surface area contributed by atoms with Crippen LogP contribution in [-0.2, 0) is 16.1 Å². The summed E-state index contributed by atoms with van der Waals surface area (Å²) in [6.07, 6.45) is 0.759. The molecule has 0 aliphatic heterocycles. The first kappa shape index (κ1) is 23.0. The molecule has 1 amide bonds. The topological polar surface area (TPSA) is 73.6 Å². The summed E-state index contributed by atoms with van der Waals surface area (Å²) in [7, 11) is 1.65. The van der Waals surface area contributed by atoms with Crippen LogP contribution in [0, 0.1) is 5.92 Å². The van der Waals surface area contributed by atoms with E-state index >= 15 is 0 Å². The van der Waals surface area contributed by atoms with Gasteiger partial charge in [-0.3, -0.25) is 4.79 Å². The number of carbonyl (C=O) groups is 1. The Labute approximate surface area is 167 Å². The van der Waals surface area contributed by atoms with Crippen LogP contribution >= 0.6 is 12.4 Å². The third kappa shape index (κ3) is 7.59. The zero-order valence-corrected chi connectivity index (χ0v) is 16.7. The summed E-state index contributed by atoms with van der Waals surface area (Å²) in [4.78, 5) is 12.2. The zero-order valence-electron chi connectivity index (χ0n) is 15.9. The highest BCUT2D eigenvalue weighted by Crippen LogP contribution is 2.19. The highest BCUT2D eigenvalue weighted by Gasteiger charge is 2.21. The Hall–Kier alpha value is -2.08. The van der Waals surface area contributed by atoms with Crippen molar-refractivity contribution < 1.29 is 14.3 Å². The Balaban J connectivity index is 0.00000364. The van der Waals surface area contributed by atoms with Crippen molar-refractivity contribution in [2.75, 3.05) is 20.3 Å². The smallest absolute Gasteiger partial charge is 0.224 e. The van der Waals surface area contributed by atoms with Crippen LogP contribution < -0.4 is 15.8 Å². The summed E-state index contributed by atoms with van der Waals surface area (Å²) in [5.74, 6) is 0.522. The molecular formula is C21H29ClN2O3. The number of amides is 1. The summed E-state index contributed by atoms with van der Waals surface area (Å²) in [6.45, 7) is 3.57. The van der Waals surface area contributed by atoms with E-state index < -0.39 is 0 Å². The minimum Gasteiger partial charge on any atom is -0.497 e. The maximum atomic E-state index is 12.2. The summed E-state index contributed by atoms with van der Waals surface area (Å²) < 4.78 is 10.8.